The summed E-state index contributed by atoms with van der Waals surface area (Å²) in [7, 11) is 1.05. The molecule has 0 saturated carbocycles. The van der Waals surface area contributed by atoms with E-state index in [-0.39, 0.29) is 14.9 Å². The summed E-state index contributed by atoms with van der Waals surface area (Å²) in [5, 5.41) is 11.3. The summed E-state index contributed by atoms with van der Waals surface area (Å²) in [4.78, 5) is 34.0. The van der Waals surface area contributed by atoms with Crippen LogP contribution < -0.4 is 4.90 Å². The van der Waals surface area contributed by atoms with Crippen LogP contribution in [0, 0.1) is 10.1 Å². The van der Waals surface area contributed by atoms with Gasteiger partial charge in [0.2, 0.25) is 0 Å². The number of benzene rings is 1. The molecule has 0 N–H and O–H groups in total. The molecule has 0 bridgehead atoms. The van der Waals surface area contributed by atoms with Crippen molar-refractivity contribution in [2.24, 2.45) is 0 Å². The highest BCUT2D eigenvalue weighted by Crippen LogP contribution is 2.39. The van der Waals surface area contributed by atoms with Gasteiger partial charge in [-0.1, -0.05) is 19.1 Å². The number of esters is 1. The molecular weight excluding hydrogens is 425 g/mol. The number of anilines is 1. The van der Waals surface area contributed by atoms with Crippen molar-refractivity contribution in [3.63, 3.8) is 0 Å². The zero-order valence-corrected chi connectivity index (χ0v) is 15.3. The number of methoxy groups -OCH3 is 1. The van der Waals surface area contributed by atoms with Gasteiger partial charge in [-0.15, -0.1) is 0 Å². The first kappa shape index (κ1) is 21.6. The van der Waals surface area contributed by atoms with E-state index in [4.69, 9.17) is 0 Å². The fourth-order valence-electron chi connectivity index (χ4n) is 2.00. The number of ether oxygens (including phenoxy) is 1. The van der Waals surface area contributed by atoms with Crippen molar-refractivity contribution in [1.82, 2.24) is 0 Å². The molecule has 0 atom stereocenters. The van der Waals surface area contributed by atoms with Crippen molar-refractivity contribution in [3.8, 4) is 0 Å². The molecular formula is C15H14BrF3N2O5. The van der Waals surface area contributed by atoms with Gasteiger partial charge in [0.1, 0.15) is 5.69 Å². The SMILES string of the molecule is CCC=CCN(C(=O)C(F)(F)F)c1c(Br)cc(C(=O)OC)cc1[N+](=O)[O-]. The Bertz CT molecular complexity index is 750. The second-order valence-electron chi connectivity index (χ2n) is 4.87. The molecule has 0 unspecified atom stereocenters. The topological polar surface area (TPSA) is 89.8 Å². The molecule has 0 aliphatic rings. The highest BCUT2D eigenvalue weighted by atomic mass is 79.9. The number of nitrogens with zero attached hydrogens (tertiary/aromatic N) is 2. The molecule has 1 rings (SSSR count). The maximum atomic E-state index is 12.9. The normalized spacial score (nSPS) is 11.5. The monoisotopic (exact) mass is 438 g/mol. The lowest BCUT2D eigenvalue weighted by atomic mass is 10.1. The van der Waals surface area contributed by atoms with Crippen molar-refractivity contribution in [2.45, 2.75) is 19.5 Å². The van der Waals surface area contributed by atoms with Gasteiger partial charge in [0.15, 0.2) is 0 Å². The largest absolute Gasteiger partial charge is 0.471 e. The minimum absolute atomic E-state index is 0.227. The van der Waals surface area contributed by atoms with Gasteiger partial charge in [0.05, 0.1) is 17.6 Å². The van der Waals surface area contributed by atoms with E-state index in [2.05, 4.69) is 20.7 Å². The number of carbonyl (C=O) groups is 2. The van der Waals surface area contributed by atoms with Gasteiger partial charge in [0, 0.05) is 17.1 Å². The highest BCUT2D eigenvalue weighted by molar-refractivity contribution is 9.10. The number of nitro benzene ring substituents is 1. The summed E-state index contributed by atoms with van der Waals surface area (Å²) >= 11 is 2.91. The number of carbonyl (C=O) groups excluding carboxylic acids is 2. The Balaban J connectivity index is 3.62. The van der Waals surface area contributed by atoms with Gasteiger partial charge in [-0.2, -0.15) is 13.2 Å². The molecule has 0 aliphatic carbocycles. The summed E-state index contributed by atoms with van der Waals surface area (Å²) in [5.74, 6) is -3.19. The van der Waals surface area contributed by atoms with Crippen LogP contribution in [-0.4, -0.2) is 36.6 Å². The number of rotatable bonds is 6. The third-order valence-corrected chi connectivity index (χ3v) is 3.71. The number of hydrogen-bond donors (Lipinski definition) is 0. The molecule has 0 heterocycles. The molecule has 0 aliphatic heterocycles. The molecule has 1 amide bonds. The van der Waals surface area contributed by atoms with Crippen LogP contribution >= 0.6 is 15.9 Å². The number of allylic oxidation sites excluding steroid dienone is 1. The zero-order chi connectivity index (χ0) is 20.1. The maximum Gasteiger partial charge on any atom is 0.471 e. The van der Waals surface area contributed by atoms with E-state index < -0.39 is 40.9 Å². The molecule has 0 saturated heterocycles. The third kappa shape index (κ3) is 5.04. The van der Waals surface area contributed by atoms with Crippen LogP contribution in [0.3, 0.4) is 0 Å². The number of halogens is 4. The van der Waals surface area contributed by atoms with E-state index in [1.807, 2.05) is 0 Å². The Morgan fingerprint density at radius 3 is 2.42 bits per heavy atom. The Morgan fingerprint density at radius 1 is 1.35 bits per heavy atom. The molecule has 0 aromatic heterocycles. The van der Waals surface area contributed by atoms with Crippen molar-refractivity contribution in [2.75, 3.05) is 18.6 Å². The minimum Gasteiger partial charge on any atom is -0.465 e. The minimum atomic E-state index is -5.24. The zero-order valence-electron chi connectivity index (χ0n) is 13.7. The fourth-order valence-corrected chi connectivity index (χ4v) is 2.67. The first-order chi connectivity index (χ1) is 12.0. The van der Waals surface area contributed by atoms with Crippen LogP contribution in [0.4, 0.5) is 24.5 Å². The average molecular weight is 439 g/mol. The van der Waals surface area contributed by atoms with Gasteiger partial charge in [-0.05, 0) is 28.4 Å². The Hall–Kier alpha value is -2.43. The van der Waals surface area contributed by atoms with Crippen molar-refractivity contribution < 1.29 is 32.4 Å². The number of hydrogen-bond acceptors (Lipinski definition) is 5. The van der Waals surface area contributed by atoms with Crippen LogP contribution in [0.1, 0.15) is 23.7 Å². The number of nitro groups is 1. The second kappa shape index (κ2) is 8.79. The van der Waals surface area contributed by atoms with Crippen molar-refractivity contribution in [3.05, 3.63) is 44.4 Å². The lowest BCUT2D eigenvalue weighted by Gasteiger charge is -2.23. The van der Waals surface area contributed by atoms with Gasteiger partial charge in [0.25, 0.3) is 5.69 Å². The second-order valence-corrected chi connectivity index (χ2v) is 5.72. The molecule has 142 valence electrons. The number of alkyl halides is 3. The van der Waals surface area contributed by atoms with Crippen LogP contribution in [-0.2, 0) is 9.53 Å². The Kier molecular flexibility index (Phi) is 7.30. The first-order valence-electron chi connectivity index (χ1n) is 7.14. The average Bonchev–Trinajstić information content (AvgIpc) is 2.56. The summed E-state index contributed by atoms with van der Waals surface area (Å²) in [5.41, 5.74) is -1.70. The standard InChI is InChI=1S/C15H14BrF3N2O5/c1-3-4-5-6-20(14(23)15(17,18)19)12-10(16)7-9(13(22)26-2)8-11(12)21(24)25/h4-5,7-8H,3,6H2,1-2H3. The highest BCUT2D eigenvalue weighted by Gasteiger charge is 2.45. The van der Waals surface area contributed by atoms with E-state index in [1.54, 1.807) is 6.92 Å². The van der Waals surface area contributed by atoms with Gasteiger partial charge in [-0.3, -0.25) is 19.8 Å². The smallest absolute Gasteiger partial charge is 0.465 e. The van der Waals surface area contributed by atoms with E-state index in [0.717, 1.165) is 19.2 Å². The Labute approximate surface area is 154 Å². The molecule has 26 heavy (non-hydrogen) atoms. The van der Waals surface area contributed by atoms with Crippen molar-refractivity contribution >= 4 is 39.2 Å². The summed E-state index contributed by atoms with van der Waals surface area (Å²) in [6, 6.07) is 1.81. The fraction of sp³-hybridized carbons (Fsp3) is 0.333. The van der Waals surface area contributed by atoms with E-state index in [0.29, 0.717) is 6.42 Å². The quantitative estimate of drug-likeness (QED) is 0.289. The first-order valence-corrected chi connectivity index (χ1v) is 7.93. The Morgan fingerprint density at radius 2 is 1.96 bits per heavy atom. The molecule has 0 spiro atoms. The summed E-state index contributed by atoms with van der Waals surface area (Å²) in [6.07, 6.45) is -1.94. The summed E-state index contributed by atoms with van der Waals surface area (Å²) < 4.78 is 43.1. The molecule has 1 aromatic rings. The lowest BCUT2D eigenvalue weighted by molar-refractivity contribution is -0.384. The van der Waals surface area contributed by atoms with Gasteiger partial charge < -0.3 is 4.74 Å². The van der Waals surface area contributed by atoms with Gasteiger partial charge in [-0.25, -0.2) is 4.79 Å². The molecule has 7 nitrogen and oxygen atoms in total. The lowest BCUT2D eigenvalue weighted by Crippen LogP contribution is -2.42. The van der Waals surface area contributed by atoms with Crippen LogP contribution in [0.15, 0.2) is 28.8 Å². The predicted molar refractivity (Wildman–Crippen MR) is 90.0 cm³/mol. The van der Waals surface area contributed by atoms with E-state index >= 15 is 0 Å². The molecule has 0 fully saturated rings. The van der Waals surface area contributed by atoms with Gasteiger partial charge >= 0.3 is 18.1 Å². The third-order valence-electron chi connectivity index (χ3n) is 3.11. The van der Waals surface area contributed by atoms with E-state index in [1.165, 1.54) is 12.2 Å². The van der Waals surface area contributed by atoms with Crippen LogP contribution in [0.2, 0.25) is 0 Å². The summed E-state index contributed by atoms with van der Waals surface area (Å²) in [6.45, 7) is 1.19. The predicted octanol–water partition coefficient (Wildman–Crippen LogP) is 4.01. The van der Waals surface area contributed by atoms with E-state index in [9.17, 15) is 32.9 Å². The maximum absolute atomic E-state index is 12.9. The molecule has 0 radical (unpaired) electrons. The molecule has 11 heteroatoms. The van der Waals surface area contributed by atoms with Crippen LogP contribution in [0.5, 0.6) is 0 Å². The number of amides is 1. The van der Waals surface area contributed by atoms with Crippen molar-refractivity contribution in [1.29, 1.82) is 0 Å². The van der Waals surface area contributed by atoms with Crippen LogP contribution in [0.25, 0.3) is 0 Å². The molecule has 1 aromatic carbocycles.